The molecule has 0 bridgehead atoms. The quantitative estimate of drug-likeness (QED) is 0.425. The second-order valence-electron chi connectivity index (χ2n) is 2.95. The molecule has 92 valence electrons. The molecule has 4 nitrogen and oxygen atoms in total. The Morgan fingerprint density at radius 1 is 1.38 bits per heavy atom. The van der Waals surface area contributed by atoms with Gasteiger partial charge in [0.1, 0.15) is 5.44 Å². The lowest BCUT2D eigenvalue weighted by atomic mass is 10.4. The summed E-state index contributed by atoms with van der Waals surface area (Å²) in [5, 5.41) is 0. The number of hydrogen-bond donors (Lipinski definition) is 1. The van der Waals surface area contributed by atoms with E-state index in [0.717, 1.165) is 0 Å². The van der Waals surface area contributed by atoms with Crippen molar-refractivity contribution < 1.29 is 9.05 Å². The Morgan fingerprint density at radius 2 is 1.88 bits per heavy atom. The third-order valence-electron chi connectivity index (χ3n) is 1.75. The zero-order chi connectivity index (χ0) is 12.6. The molecule has 16 heavy (non-hydrogen) atoms. The molecule has 0 fully saturated rings. The molecule has 0 aliphatic rings. The lowest BCUT2D eigenvalue weighted by Crippen LogP contribution is -2.04. The molecule has 0 saturated heterocycles. The average Bonchev–Trinajstić information content (AvgIpc) is 2.19. The highest BCUT2D eigenvalue weighted by Gasteiger charge is 2.22. The van der Waals surface area contributed by atoms with Gasteiger partial charge >= 0.3 is 0 Å². The Hall–Kier alpha value is -0.830. The van der Waals surface area contributed by atoms with E-state index in [1.165, 1.54) is 0 Å². The minimum Gasteiger partial charge on any atom is -0.397 e. The van der Waals surface area contributed by atoms with E-state index in [4.69, 9.17) is 14.8 Å². The highest BCUT2D eigenvalue weighted by atomic mass is 31.2. The highest BCUT2D eigenvalue weighted by molar-refractivity contribution is 7.68. The maximum Gasteiger partial charge on any atom is 0.167 e. The van der Waals surface area contributed by atoms with Crippen LogP contribution in [0.2, 0.25) is 0 Å². The Labute approximate surface area is 98.0 Å². The van der Waals surface area contributed by atoms with Gasteiger partial charge in [0.25, 0.3) is 0 Å². The van der Waals surface area contributed by atoms with Crippen LogP contribution in [0.5, 0.6) is 0 Å². The highest BCUT2D eigenvalue weighted by Crippen LogP contribution is 2.56. The molecule has 0 amide bonds. The van der Waals surface area contributed by atoms with E-state index < -0.39 is 7.34 Å². The first-order valence-corrected chi connectivity index (χ1v) is 6.98. The van der Waals surface area contributed by atoms with Crippen LogP contribution in [0.4, 0.5) is 0 Å². The maximum atomic E-state index is 5.87. The van der Waals surface area contributed by atoms with E-state index in [9.17, 15) is 0 Å². The summed E-state index contributed by atoms with van der Waals surface area (Å²) in [5.74, 6) is 0. The van der Waals surface area contributed by atoms with Gasteiger partial charge in [0.2, 0.25) is 0 Å². The Morgan fingerprint density at radius 3 is 2.19 bits per heavy atom. The molecule has 0 aliphatic carbocycles. The minimum atomic E-state index is -2.44. The SMILES string of the molecule is C=N/C(=C(N)\C=C/C)P(=C)(OCC)OCC. The van der Waals surface area contributed by atoms with Crippen molar-refractivity contribution in [2.75, 3.05) is 13.2 Å². The molecule has 0 aromatic heterocycles. The van der Waals surface area contributed by atoms with Crippen molar-refractivity contribution in [1.82, 2.24) is 0 Å². The summed E-state index contributed by atoms with van der Waals surface area (Å²) in [6, 6.07) is 0. The summed E-state index contributed by atoms with van der Waals surface area (Å²) in [6.45, 7) is 10.1. The molecular formula is C11H21N2O2P. The van der Waals surface area contributed by atoms with Crippen LogP contribution >= 0.6 is 7.34 Å². The number of allylic oxidation sites excluding steroid dienone is 2. The van der Waals surface area contributed by atoms with Gasteiger partial charge in [-0.1, -0.05) is 6.08 Å². The molecule has 0 rings (SSSR count). The molecule has 2 N–H and O–H groups in total. The van der Waals surface area contributed by atoms with E-state index in [1.54, 1.807) is 6.08 Å². The van der Waals surface area contributed by atoms with Gasteiger partial charge in [-0.15, -0.1) is 0 Å². The first-order chi connectivity index (χ1) is 7.55. The topological polar surface area (TPSA) is 56.8 Å². The van der Waals surface area contributed by atoms with E-state index in [-0.39, 0.29) is 0 Å². The molecule has 0 aliphatic heterocycles. The van der Waals surface area contributed by atoms with E-state index in [0.29, 0.717) is 24.3 Å². The second kappa shape index (κ2) is 7.44. The van der Waals surface area contributed by atoms with Crippen LogP contribution in [0.15, 0.2) is 28.3 Å². The number of nitrogens with zero attached hydrogens (tertiary/aromatic N) is 1. The largest absolute Gasteiger partial charge is 0.397 e. The van der Waals surface area contributed by atoms with Crippen LogP contribution in [-0.4, -0.2) is 26.2 Å². The van der Waals surface area contributed by atoms with Crippen molar-refractivity contribution in [3.63, 3.8) is 0 Å². The zero-order valence-corrected chi connectivity index (χ0v) is 11.2. The number of rotatable bonds is 7. The van der Waals surface area contributed by atoms with Gasteiger partial charge in [0, 0.05) is 0 Å². The van der Waals surface area contributed by atoms with Crippen molar-refractivity contribution >= 4 is 20.4 Å². The van der Waals surface area contributed by atoms with Crippen molar-refractivity contribution in [2.24, 2.45) is 10.7 Å². The average molecular weight is 244 g/mol. The lowest BCUT2D eigenvalue weighted by Gasteiger charge is -2.24. The number of hydrogen-bond acceptors (Lipinski definition) is 4. The van der Waals surface area contributed by atoms with Crippen molar-refractivity contribution in [1.29, 1.82) is 0 Å². The smallest absolute Gasteiger partial charge is 0.167 e. The monoisotopic (exact) mass is 244 g/mol. The van der Waals surface area contributed by atoms with Crippen molar-refractivity contribution in [3.8, 4) is 0 Å². The first kappa shape index (κ1) is 15.2. The van der Waals surface area contributed by atoms with Gasteiger partial charge in [0.05, 0.1) is 18.9 Å². The summed E-state index contributed by atoms with van der Waals surface area (Å²) < 4.78 is 11.1. The Bertz CT molecular complexity index is 325. The molecule has 0 aromatic carbocycles. The molecule has 0 unspecified atom stereocenters. The minimum absolute atomic E-state index is 0.489. The predicted octanol–water partition coefficient (Wildman–Crippen LogP) is 2.74. The van der Waals surface area contributed by atoms with Crippen molar-refractivity contribution in [3.05, 3.63) is 23.3 Å². The van der Waals surface area contributed by atoms with E-state index in [1.807, 2.05) is 26.8 Å². The standard InChI is InChI=1S/C11H21N2O2P/c1-6-9-10(12)11(13-4)16(5,14-7-2)15-8-3/h6,9H,4-5,7-8,12H2,1-3H3/b9-6-,11-10-. The fourth-order valence-electron chi connectivity index (χ4n) is 1.23. The second-order valence-corrected chi connectivity index (χ2v) is 5.23. The Kier molecular flexibility index (Phi) is 7.06. The summed E-state index contributed by atoms with van der Waals surface area (Å²) >= 11 is 0. The molecule has 0 saturated carbocycles. The van der Waals surface area contributed by atoms with Crippen LogP contribution in [0.1, 0.15) is 20.8 Å². The molecule has 5 heteroatoms. The molecule has 0 radical (unpaired) electrons. The van der Waals surface area contributed by atoms with Crippen LogP contribution in [0.3, 0.4) is 0 Å². The Balaban J connectivity index is 5.38. The van der Waals surface area contributed by atoms with Crippen molar-refractivity contribution in [2.45, 2.75) is 20.8 Å². The van der Waals surface area contributed by atoms with Crippen LogP contribution in [0, 0.1) is 0 Å². The number of aliphatic imine (C=N–C) groups is 1. The summed E-state index contributed by atoms with van der Waals surface area (Å²) in [6.07, 6.45) is 7.54. The molecular weight excluding hydrogens is 223 g/mol. The van der Waals surface area contributed by atoms with Gasteiger partial charge in [-0.25, -0.2) is 0 Å². The van der Waals surface area contributed by atoms with Crippen LogP contribution < -0.4 is 5.73 Å². The molecule has 0 atom stereocenters. The van der Waals surface area contributed by atoms with Gasteiger partial charge in [-0.3, -0.25) is 4.99 Å². The third-order valence-corrected chi connectivity index (χ3v) is 4.15. The number of nitrogens with two attached hydrogens (primary N) is 1. The normalized spacial score (nSPS) is 13.9. The lowest BCUT2D eigenvalue weighted by molar-refractivity contribution is 0.270. The third kappa shape index (κ3) is 3.97. The van der Waals surface area contributed by atoms with E-state index >= 15 is 0 Å². The van der Waals surface area contributed by atoms with Gasteiger partial charge < -0.3 is 14.8 Å². The fraction of sp³-hybridized carbons (Fsp3) is 0.455. The predicted molar refractivity (Wildman–Crippen MR) is 72.9 cm³/mol. The zero-order valence-electron chi connectivity index (χ0n) is 10.3. The fourth-order valence-corrected chi connectivity index (χ4v) is 3.06. The maximum absolute atomic E-state index is 5.87. The summed E-state index contributed by atoms with van der Waals surface area (Å²) in [7, 11) is -2.44. The van der Waals surface area contributed by atoms with Crippen LogP contribution in [-0.2, 0) is 9.05 Å². The van der Waals surface area contributed by atoms with Crippen LogP contribution in [0.25, 0.3) is 0 Å². The van der Waals surface area contributed by atoms with E-state index in [2.05, 4.69) is 18.0 Å². The summed E-state index contributed by atoms with van der Waals surface area (Å²) in [5.41, 5.74) is 6.87. The first-order valence-electron chi connectivity index (χ1n) is 5.17. The molecule has 0 heterocycles. The molecule has 0 spiro atoms. The summed E-state index contributed by atoms with van der Waals surface area (Å²) in [4.78, 5) is 3.91. The van der Waals surface area contributed by atoms with Gasteiger partial charge in [-0.05, 0) is 39.9 Å². The van der Waals surface area contributed by atoms with Gasteiger partial charge in [0.15, 0.2) is 7.34 Å². The van der Waals surface area contributed by atoms with Gasteiger partial charge in [-0.2, -0.15) is 0 Å². The molecule has 0 aromatic rings.